The van der Waals surface area contributed by atoms with Gasteiger partial charge in [0.15, 0.2) is 0 Å². The van der Waals surface area contributed by atoms with E-state index in [1.165, 1.54) is 0 Å². The predicted molar refractivity (Wildman–Crippen MR) is 93.0 cm³/mol. The van der Waals surface area contributed by atoms with E-state index in [1.807, 2.05) is 20.8 Å². The summed E-state index contributed by atoms with van der Waals surface area (Å²) in [6.45, 7) is 6.12. The highest BCUT2D eigenvalue weighted by Gasteiger charge is 2.39. The van der Waals surface area contributed by atoms with Crippen LogP contribution >= 0.6 is 23.2 Å². The molecule has 2 aromatic rings. The number of H-pyrrole nitrogens is 1. The number of hydrogen-bond donors (Lipinski definition) is 2. The lowest BCUT2D eigenvalue weighted by Gasteiger charge is -2.28. The zero-order valence-electron chi connectivity index (χ0n) is 13.4. The second kappa shape index (κ2) is 5.73. The second-order valence-corrected chi connectivity index (χ2v) is 7.44. The van der Waals surface area contributed by atoms with Gasteiger partial charge in [0.25, 0.3) is 0 Å². The van der Waals surface area contributed by atoms with Gasteiger partial charge in [-0.2, -0.15) is 5.26 Å². The van der Waals surface area contributed by atoms with Gasteiger partial charge in [-0.05, 0) is 12.1 Å². The number of fused-ring (bicyclic) bond motifs is 1. The maximum Gasteiger partial charge on any atom is 0.244 e. The smallest absolute Gasteiger partial charge is 0.244 e. The van der Waals surface area contributed by atoms with Gasteiger partial charge < -0.3 is 10.5 Å². The van der Waals surface area contributed by atoms with Gasteiger partial charge in [0.05, 0.1) is 11.5 Å². The van der Waals surface area contributed by atoms with E-state index in [0.717, 1.165) is 11.3 Å². The lowest BCUT2D eigenvalue weighted by molar-refractivity contribution is 0.378. The Morgan fingerprint density at radius 2 is 1.88 bits per heavy atom. The highest BCUT2D eigenvalue weighted by molar-refractivity contribution is 6.36. The Morgan fingerprint density at radius 1 is 1.25 bits per heavy atom. The molecule has 0 bridgehead atoms. The summed E-state index contributed by atoms with van der Waals surface area (Å²) >= 11 is 12.8. The van der Waals surface area contributed by atoms with Crippen molar-refractivity contribution in [3.05, 3.63) is 56.5 Å². The molecule has 5 nitrogen and oxygen atoms in total. The first-order valence-corrected chi connectivity index (χ1v) is 8.11. The Labute approximate surface area is 150 Å². The molecule has 0 aliphatic carbocycles. The van der Waals surface area contributed by atoms with Crippen LogP contribution in [0.3, 0.4) is 0 Å². The van der Waals surface area contributed by atoms with Crippen molar-refractivity contribution in [1.82, 2.24) is 10.2 Å². The van der Waals surface area contributed by atoms with Crippen LogP contribution in [-0.4, -0.2) is 10.2 Å². The van der Waals surface area contributed by atoms with Crippen molar-refractivity contribution >= 4 is 23.2 Å². The summed E-state index contributed by atoms with van der Waals surface area (Å²) in [5.74, 6) is -0.178. The van der Waals surface area contributed by atoms with Gasteiger partial charge >= 0.3 is 0 Å². The molecule has 24 heavy (non-hydrogen) atoms. The van der Waals surface area contributed by atoms with Gasteiger partial charge in [-0.3, -0.25) is 5.10 Å². The average molecular weight is 363 g/mol. The van der Waals surface area contributed by atoms with Gasteiger partial charge in [-0.15, -0.1) is 5.10 Å². The van der Waals surface area contributed by atoms with Crippen LogP contribution in [0.2, 0.25) is 10.0 Å². The molecule has 1 atom stereocenters. The van der Waals surface area contributed by atoms with Crippen molar-refractivity contribution in [2.24, 2.45) is 5.73 Å². The number of hydrogen-bond acceptors (Lipinski definition) is 4. The molecular weight excluding hydrogens is 347 g/mol. The first kappa shape index (κ1) is 16.7. The quantitative estimate of drug-likeness (QED) is 0.794. The summed E-state index contributed by atoms with van der Waals surface area (Å²) in [6, 6.07) is 7.37. The lowest BCUT2D eigenvalue weighted by Crippen LogP contribution is -2.24. The summed E-state index contributed by atoms with van der Waals surface area (Å²) in [6.07, 6.45) is 0. The van der Waals surface area contributed by atoms with E-state index in [2.05, 4.69) is 16.3 Å². The maximum absolute atomic E-state index is 9.65. The van der Waals surface area contributed by atoms with Gasteiger partial charge in [0.1, 0.15) is 11.6 Å². The SMILES string of the molecule is CC(C)(C)c1[nH]nc2c1[C@H](c1c(Cl)cccc1Cl)C(C#N)=C(N)O2. The third-order valence-electron chi connectivity index (χ3n) is 3.98. The molecule has 2 heterocycles. The molecule has 1 aromatic carbocycles. The molecule has 0 saturated heterocycles. The molecule has 3 N–H and O–H groups in total. The molecule has 1 aromatic heterocycles. The monoisotopic (exact) mass is 362 g/mol. The number of nitriles is 1. The Bertz CT molecular complexity index is 867. The molecular formula is C17H16Cl2N4O. The molecule has 124 valence electrons. The van der Waals surface area contributed by atoms with Gasteiger partial charge in [-0.25, -0.2) is 0 Å². The van der Waals surface area contributed by atoms with Crippen LogP contribution in [0.4, 0.5) is 0 Å². The van der Waals surface area contributed by atoms with E-state index in [-0.39, 0.29) is 16.9 Å². The number of nitrogens with two attached hydrogens (primary N) is 1. The summed E-state index contributed by atoms with van der Waals surface area (Å²) in [5, 5.41) is 17.8. The zero-order chi connectivity index (χ0) is 17.6. The highest BCUT2D eigenvalue weighted by atomic mass is 35.5. The Balaban J connectivity index is 2.36. The van der Waals surface area contributed by atoms with Crippen LogP contribution in [0.5, 0.6) is 5.88 Å². The fraction of sp³-hybridized carbons (Fsp3) is 0.294. The third-order valence-corrected chi connectivity index (χ3v) is 4.64. The molecule has 3 rings (SSSR count). The van der Waals surface area contributed by atoms with Crippen molar-refractivity contribution < 1.29 is 4.74 Å². The number of nitrogens with one attached hydrogen (secondary N) is 1. The van der Waals surface area contributed by atoms with Crippen LogP contribution < -0.4 is 10.5 Å². The Hall–Kier alpha value is -2.16. The Kier molecular flexibility index (Phi) is 3.98. The average Bonchev–Trinajstić information content (AvgIpc) is 2.90. The maximum atomic E-state index is 9.65. The first-order valence-electron chi connectivity index (χ1n) is 7.36. The van der Waals surface area contributed by atoms with E-state index in [1.54, 1.807) is 18.2 Å². The van der Waals surface area contributed by atoms with Gasteiger partial charge in [0, 0.05) is 26.7 Å². The number of aromatic amines is 1. The fourth-order valence-electron chi connectivity index (χ4n) is 2.89. The van der Waals surface area contributed by atoms with E-state index >= 15 is 0 Å². The highest BCUT2D eigenvalue weighted by Crippen LogP contribution is 2.48. The van der Waals surface area contributed by atoms with Crippen molar-refractivity contribution in [1.29, 1.82) is 5.26 Å². The molecule has 0 radical (unpaired) electrons. The number of aromatic nitrogens is 2. The standard InChI is InChI=1S/C17H16Cl2N4O/c1-17(2,3)14-13-11(12-9(18)5-4-6-10(12)19)8(7-20)15(21)24-16(13)23-22-14/h4-6,11H,21H2,1-3H3,(H,22,23)/t11-/m0/s1. The van der Waals surface area contributed by atoms with Crippen LogP contribution in [0.15, 0.2) is 29.7 Å². The van der Waals surface area contributed by atoms with Crippen LogP contribution in [0.1, 0.15) is 43.5 Å². The van der Waals surface area contributed by atoms with Crippen LogP contribution in [-0.2, 0) is 5.41 Å². The van der Waals surface area contributed by atoms with Crippen molar-refractivity contribution in [2.45, 2.75) is 32.1 Å². The van der Waals surface area contributed by atoms with E-state index in [9.17, 15) is 5.26 Å². The molecule has 0 unspecified atom stereocenters. The third kappa shape index (κ3) is 2.52. The number of ether oxygens (including phenoxy) is 1. The van der Waals surface area contributed by atoms with Crippen molar-refractivity contribution in [3.63, 3.8) is 0 Å². The van der Waals surface area contributed by atoms with Crippen molar-refractivity contribution in [2.75, 3.05) is 0 Å². The van der Waals surface area contributed by atoms with Crippen LogP contribution in [0.25, 0.3) is 0 Å². The van der Waals surface area contributed by atoms with E-state index < -0.39 is 5.92 Å². The molecule has 0 spiro atoms. The minimum atomic E-state index is -0.534. The normalized spacial score (nSPS) is 17.2. The number of allylic oxidation sites excluding steroid dienone is 1. The zero-order valence-corrected chi connectivity index (χ0v) is 15.0. The molecule has 1 aliphatic heterocycles. The second-order valence-electron chi connectivity index (χ2n) is 6.63. The van der Waals surface area contributed by atoms with Crippen molar-refractivity contribution in [3.8, 4) is 11.9 Å². The van der Waals surface area contributed by atoms with Crippen LogP contribution in [0, 0.1) is 11.3 Å². The molecule has 0 fully saturated rings. The Morgan fingerprint density at radius 3 is 2.42 bits per heavy atom. The summed E-state index contributed by atoms with van der Waals surface area (Å²) in [5.41, 5.74) is 8.17. The summed E-state index contributed by atoms with van der Waals surface area (Å²) < 4.78 is 5.55. The number of halogens is 2. The number of nitrogens with zero attached hydrogens (tertiary/aromatic N) is 2. The van der Waals surface area contributed by atoms with Gasteiger partial charge in [-0.1, -0.05) is 50.0 Å². The molecule has 7 heteroatoms. The molecule has 0 amide bonds. The first-order chi connectivity index (χ1) is 11.3. The number of rotatable bonds is 1. The minimum Gasteiger partial charge on any atom is -0.420 e. The number of benzene rings is 1. The van der Waals surface area contributed by atoms with E-state index in [0.29, 0.717) is 21.5 Å². The van der Waals surface area contributed by atoms with E-state index in [4.69, 9.17) is 33.7 Å². The fourth-order valence-corrected chi connectivity index (χ4v) is 3.51. The summed E-state index contributed by atoms with van der Waals surface area (Å²) in [4.78, 5) is 0. The lowest BCUT2D eigenvalue weighted by atomic mass is 9.79. The largest absolute Gasteiger partial charge is 0.420 e. The minimum absolute atomic E-state index is 0.0120. The predicted octanol–water partition coefficient (Wildman–Crippen LogP) is 4.23. The topological polar surface area (TPSA) is 87.7 Å². The summed E-state index contributed by atoms with van der Waals surface area (Å²) in [7, 11) is 0. The molecule has 1 aliphatic rings. The van der Waals surface area contributed by atoms with Gasteiger partial charge in [0.2, 0.25) is 11.8 Å². The molecule has 0 saturated carbocycles.